The number of rotatable bonds is 1. The number of aromatic carboxylic acids is 1. The van der Waals surface area contributed by atoms with Crippen molar-refractivity contribution >= 4 is 28.5 Å². The second kappa shape index (κ2) is 4.09. The minimum absolute atomic E-state index is 0.0420. The second-order valence-electron chi connectivity index (χ2n) is 3.37. The number of alkyl halides is 3. The van der Waals surface area contributed by atoms with Crippen molar-refractivity contribution in [2.24, 2.45) is 0 Å². The zero-order valence-corrected chi connectivity index (χ0v) is 9.25. The van der Waals surface area contributed by atoms with Crippen molar-refractivity contribution in [3.63, 3.8) is 0 Å². The molecular weight excluding hydrogens is 273 g/mol. The molecule has 1 aromatic carbocycles. The fourth-order valence-corrected chi connectivity index (χ4v) is 1.59. The number of nitrogens with zero attached hydrogens (tertiary/aromatic N) is 2. The van der Waals surface area contributed by atoms with E-state index >= 15 is 0 Å². The molecule has 8 heteroatoms. The van der Waals surface area contributed by atoms with Crippen LogP contribution < -0.4 is 0 Å². The molecule has 4 nitrogen and oxygen atoms in total. The van der Waals surface area contributed by atoms with E-state index in [4.69, 9.17) is 16.7 Å². The molecule has 2 rings (SSSR count). The van der Waals surface area contributed by atoms with Gasteiger partial charge in [-0.1, -0.05) is 11.6 Å². The van der Waals surface area contributed by atoms with Gasteiger partial charge in [0.05, 0.1) is 11.1 Å². The number of benzene rings is 1. The molecule has 2 aromatic rings. The van der Waals surface area contributed by atoms with Gasteiger partial charge in [-0.2, -0.15) is 13.2 Å². The molecule has 0 saturated carbocycles. The molecular formula is C10H4ClF3N2O2. The maximum Gasteiger partial charge on any atom is 0.416 e. The van der Waals surface area contributed by atoms with E-state index in [1.807, 2.05) is 0 Å². The molecule has 1 aromatic heterocycles. The van der Waals surface area contributed by atoms with Crippen molar-refractivity contribution in [2.75, 3.05) is 0 Å². The Labute approximate surface area is 103 Å². The Kier molecular flexibility index (Phi) is 2.86. The van der Waals surface area contributed by atoms with Gasteiger partial charge in [-0.25, -0.2) is 14.8 Å². The molecule has 0 saturated heterocycles. The summed E-state index contributed by atoms with van der Waals surface area (Å²) in [7, 11) is 0. The third kappa shape index (κ3) is 2.21. The zero-order valence-electron chi connectivity index (χ0n) is 8.49. The molecule has 0 fully saturated rings. The number of aromatic nitrogens is 2. The monoisotopic (exact) mass is 276 g/mol. The largest absolute Gasteiger partial charge is 0.475 e. The summed E-state index contributed by atoms with van der Waals surface area (Å²) in [6, 6.07) is 2.64. The molecule has 0 aliphatic rings. The summed E-state index contributed by atoms with van der Waals surface area (Å²) >= 11 is 5.65. The molecule has 0 radical (unpaired) electrons. The van der Waals surface area contributed by atoms with Crippen molar-refractivity contribution in [3.8, 4) is 0 Å². The van der Waals surface area contributed by atoms with Gasteiger partial charge in [0.15, 0.2) is 0 Å². The van der Waals surface area contributed by atoms with Gasteiger partial charge in [0.25, 0.3) is 0 Å². The van der Waals surface area contributed by atoms with E-state index in [0.717, 1.165) is 18.2 Å². The van der Waals surface area contributed by atoms with Crippen LogP contribution in [-0.4, -0.2) is 21.0 Å². The van der Waals surface area contributed by atoms with Crippen molar-refractivity contribution in [3.05, 3.63) is 34.7 Å². The molecule has 18 heavy (non-hydrogen) atoms. The SMILES string of the molecule is O=C(O)c1nc(Cl)c2cc(C(F)(F)F)ccc2n1. The van der Waals surface area contributed by atoms with Crippen LogP contribution >= 0.6 is 11.6 Å². The highest BCUT2D eigenvalue weighted by Crippen LogP contribution is 2.32. The molecule has 0 atom stereocenters. The van der Waals surface area contributed by atoms with E-state index in [0.29, 0.717) is 0 Å². The molecule has 94 valence electrons. The Morgan fingerprint density at radius 2 is 1.94 bits per heavy atom. The van der Waals surface area contributed by atoms with Crippen LogP contribution in [0.25, 0.3) is 10.9 Å². The smallest absolute Gasteiger partial charge is 0.416 e. The summed E-state index contributed by atoms with van der Waals surface area (Å²) in [5, 5.41) is 8.31. The third-order valence-electron chi connectivity index (χ3n) is 2.17. The third-order valence-corrected chi connectivity index (χ3v) is 2.46. The molecule has 1 N–H and O–H groups in total. The Hall–Kier alpha value is -1.89. The topological polar surface area (TPSA) is 63.1 Å². The van der Waals surface area contributed by atoms with E-state index in [1.165, 1.54) is 0 Å². The first-order chi connectivity index (χ1) is 8.29. The van der Waals surface area contributed by atoms with Gasteiger partial charge in [-0.15, -0.1) is 0 Å². The van der Waals surface area contributed by atoms with Crippen LogP contribution in [0.2, 0.25) is 5.15 Å². The highest BCUT2D eigenvalue weighted by molar-refractivity contribution is 6.34. The van der Waals surface area contributed by atoms with Crippen LogP contribution in [-0.2, 0) is 6.18 Å². The number of carbonyl (C=O) groups is 1. The van der Waals surface area contributed by atoms with Gasteiger partial charge >= 0.3 is 12.1 Å². The summed E-state index contributed by atoms with van der Waals surface area (Å²) in [6.45, 7) is 0. The standard InChI is InChI=1S/C10H4ClF3N2O2/c11-7-5-3-4(10(12,13)14)1-2-6(5)15-8(16-7)9(17)18/h1-3H,(H,17,18). The normalized spacial score (nSPS) is 11.8. The fourth-order valence-electron chi connectivity index (χ4n) is 1.36. The van der Waals surface area contributed by atoms with Crippen LogP contribution in [0, 0.1) is 0 Å². The lowest BCUT2D eigenvalue weighted by Gasteiger charge is -2.08. The van der Waals surface area contributed by atoms with E-state index in [2.05, 4.69) is 9.97 Å². The lowest BCUT2D eigenvalue weighted by atomic mass is 10.1. The minimum Gasteiger partial charge on any atom is -0.475 e. The van der Waals surface area contributed by atoms with E-state index < -0.39 is 23.5 Å². The number of halogens is 4. The maximum atomic E-state index is 12.5. The summed E-state index contributed by atoms with van der Waals surface area (Å²) < 4.78 is 37.4. The van der Waals surface area contributed by atoms with Crippen LogP contribution in [0.4, 0.5) is 13.2 Å². The highest BCUT2D eigenvalue weighted by atomic mass is 35.5. The quantitative estimate of drug-likeness (QED) is 0.813. The maximum absolute atomic E-state index is 12.5. The van der Waals surface area contributed by atoms with Crippen molar-refractivity contribution in [1.29, 1.82) is 0 Å². The zero-order chi connectivity index (χ0) is 13.5. The van der Waals surface area contributed by atoms with Crippen molar-refractivity contribution in [1.82, 2.24) is 9.97 Å². The Morgan fingerprint density at radius 1 is 1.28 bits per heavy atom. The van der Waals surface area contributed by atoms with Gasteiger partial charge in [0, 0.05) is 5.39 Å². The average Bonchev–Trinajstić information content (AvgIpc) is 2.27. The second-order valence-corrected chi connectivity index (χ2v) is 3.73. The van der Waals surface area contributed by atoms with E-state index in [1.54, 1.807) is 0 Å². The first-order valence-corrected chi connectivity index (χ1v) is 4.94. The lowest BCUT2D eigenvalue weighted by Crippen LogP contribution is -2.07. The van der Waals surface area contributed by atoms with Crippen LogP contribution in [0.15, 0.2) is 18.2 Å². The van der Waals surface area contributed by atoms with Crippen molar-refractivity contribution < 1.29 is 23.1 Å². The summed E-state index contributed by atoms with van der Waals surface area (Å²) in [4.78, 5) is 17.7. The molecule has 0 spiro atoms. The highest BCUT2D eigenvalue weighted by Gasteiger charge is 2.31. The predicted octanol–water partition coefficient (Wildman–Crippen LogP) is 3.00. The number of hydrogen-bond acceptors (Lipinski definition) is 3. The molecule has 0 amide bonds. The minimum atomic E-state index is -4.51. The van der Waals surface area contributed by atoms with Gasteiger partial charge < -0.3 is 5.11 Å². The number of carboxylic acid groups (broad SMARTS) is 1. The molecule has 0 aliphatic carbocycles. The summed E-state index contributed by atoms with van der Waals surface area (Å²) in [5.41, 5.74) is -0.857. The summed E-state index contributed by atoms with van der Waals surface area (Å²) in [6.07, 6.45) is -4.51. The molecule has 1 heterocycles. The van der Waals surface area contributed by atoms with Crippen LogP contribution in [0.5, 0.6) is 0 Å². The number of carboxylic acids is 1. The average molecular weight is 277 g/mol. The Bertz CT molecular complexity index is 643. The molecule has 0 aliphatic heterocycles. The predicted molar refractivity (Wildman–Crippen MR) is 56.5 cm³/mol. The Balaban J connectivity index is 2.69. The van der Waals surface area contributed by atoms with Gasteiger partial charge in [0.1, 0.15) is 5.15 Å². The van der Waals surface area contributed by atoms with Crippen molar-refractivity contribution in [2.45, 2.75) is 6.18 Å². The first-order valence-electron chi connectivity index (χ1n) is 4.57. The van der Waals surface area contributed by atoms with Gasteiger partial charge in [-0.3, -0.25) is 0 Å². The number of fused-ring (bicyclic) bond motifs is 1. The fraction of sp³-hybridized carbons (Fsp3) is 0.100. The lowest BCUT2D eigenvalue weighted by molar-refractivity contribution is -0.137. The summed E-state index contributed by atoms with van der Waals surface area (Å²) in [5.74, 6) is -1.97. The Morgan fingerprint density at radius 3 is 2.50 bits per heavy atom. The van der Waals surface area contributed by atoms with Gasteiger partial charge in [0.2, 0.25) is 5.82 Å². The van der Waals surface area contributed by atoms with Gasteiger partial charge in [-0.05, 0) is 18.2 Å². The van der Waals surface area contributed by atoms with E-state index in [-0.39, 0.29) is 16.1 Å². The van der Waals surface area contributed by atoms with E-state index in [9.17, 15) is 18.0 Å². The van der Waals surface area contributed by atoms with Crippen LogP contribution in [0.3, 0.4) is 0 Å². The first kappa shape index (κ1) is 12.6. The number of hydrogen-bond donors (Lipinski definition) is 1. The molecule has 0 bridgehead atoms. The molecule has 0 unspecified atom stereocenters. The van der Waals surface area contributed by atoms with Crippen LogP contribution in [0.1, 0.15) is 16.2 Å².